The Morgan fingerprint density at radius 1 is 1.59 bits per heavy atom. The lowest BCUT2D eigenvalue weighted by Crippen LogP contribution is -2.24. The number of rotatable bonds is 3. The smallest absolute Gasteiger partial charge is 0.310 e. The van der Waals surface area contributed by atoms with Gasteiger partial charge in [0.15, 0.2) is 0 Å². The molecule has 0 aliphatic carbocycles. The number of methoxy groups -OCH3 is 1. The van der Waals surface area contributed by atoms with Crippen LogP contribution in [-0.2, 0) is 23.1 Å². The maximum absolute atomic E-state index is 11.6. The van der Waals surface area contributed by atoms with E-state index in [0.717, 1.165) is 19.6 Å². The number of likely N-dealkylation sites (tertiary alicyclic amines) is 1. The van der Waals surface area contributed by atoms with Crippen molar-refractivity contribution in [1.82, 2.24) is 14.7 Å². The molecule has 1 aliphatic rings. The Kier molecular flexibility index (Phi) is 3.47. The van der Waals surface area contributed by atoms with Crippen molar-refractivity contribution in [3.05, 3.63) is 18.0 Å². The van der Waals surface area contributed by atoms with E-state index in [0.29, 0.717) is 5.92 Å². The lowest BCUT2D eigenvalue weighted by molar-refractivity contribution is -0.146. The number of carbonyl (C=O) groups is 1. The zero-order chi connectivity index (χ0) is 12.4. The molecule has 1 fully saturated rings. The molecule has 0 amide bonds. The third-order valence-electron chi connectivity index (χ3n) is 3.36. The predicted molar refractivity (Wildman–Crippen MR) is 63.2 cm³/mol. The summed E-state index contributed by atoms with van der Waals surface area (Å²) in [6.45, 7) is 4.67. The monoisotopic (exact) mass is 237 g/mol. The number of esters is 1. The Labute approximate surface area is 101 Å². The molecule has 94 valence electrons. The summed E-state index contributed by atoms with van der Waals surface area (Å²) in [6, 6.07) is 0. The van der Waals surface area contributed by atoms with Crippen molar-refractivity contribution in [2.45, 2.75) is 13.5 Å². The number of aryl methyl sites for hydroxylation is 1. The zero-order valence-corrected chi connectivity index (χ0v) is 10.6. The average molecular weight is 237 g/mol. The molecule has 17 heavy (non-hydrogen) atoms. The van der Waals surface area contributed by atoms with Gasteiger partial charge in [-0.15, -0.1) is 0 Å². The van der Waals surface area contributed by atoms with E-state index in [1.54, 1.807) is 4.68 Å². The van der Waals surface area contributed by atoms with Crippen LogP contribution in [0.5, 0.6) is 0 Å². The Balaban J connectivity index is 1.95. The molecule has 2 unspecified atom stereocenters. The molecular formula is C12H19N3O2. The van der Waals surface area contributed by atoms with Crippen LogP contribution in [0.4, 0.5) is 0 Å². The van der Waals surface area contributed by atoms with E-state index in [-0.39, 0.29) is 11.9 Å². The van der Waals surface area contributed by atoms with E-state index in [1.807, 2.05) is 19.4 Å². The maximum Gasteiger partial charge on any atom is 0.310 e. The highest BCUT2D eigenvalue weighted by molar-refractivity contribution is 5.73. The van der Waals surface area contributed by atoms with Crippen molar-refractivity contribution in [1.29, 1.82) is 0 Å². The van der Waals surface area contributed by atoms with E-state index in [9.17, 15) is 4.79 Å². The highest BCUT2D eigenvalue weighted by Gasteiger charge is 2.35. The Morgan fingerprint density at radius 3 is 2.94 bits per heavy atom. The summed E-state index contributed by atoms with van der Waals surface area (Å²) in [5.41, 5.74) is 1.19. The topological polar surface area (TPSA) is 47.4 Å². The Hall–Kier alpha value is -1.36. The maximum atomic E-state index is 11.6. The van der Waals surface area contributed by atoms with Crippen LogP contribution in [0.25, 0.3) is 0 Å². The van der Waals surface area contributed by atoms with Crippen molar-refractivity contribution in [3.63, 3.8) is 0 Å². The van der Waals surface area contributed by atoms with Crippen LogP contribution in [-0.4, -0.2) is 40.8 Å². The summed E-state index contributed by atoms with van der Waals surface area (Å²) < 4.78 is 6.62. The number of hydrogen-bond donors (Lipinski definition) is 0. The predicted octanol–water partition coefficient (Wildman–Crippen LogP) is 0.661. The SMILES string of the molecule is COC(=O)C1CN(Cc2cnn(C)c2)CC1C. The van der Waals surface area contributed by atoms with Gasteiger partial charge in [-0.05, 0) is 5.92 Å². The number of ether oxygens (including phenoxy) is 1. The third kappa shape index (κ3) is 2.66. The van der Waals surface area contributed by atoms with E-state index in [1.165, 1.54) is 12.7 Å². The van der Waals surface area contributed by atoms with Gasteiger partial charge in [-0.1, -0.05) is 6.92 Å². The van der Waals surface area contributed by atoms with Gasteiger partial charge in [0.1, 0.15) is 0 Å². The summed E-state index contributed by atoms with van der Waals surface area (Å²) in [6.07, 6.45) is 3.88. The first-order chi connectivity index (χ1) is 8.10. The van der Waals surface area contributed by atoms with E-state index in [4.69, 9.17) is 4.74 Å². The van der Waals surface area contributed by atoms with Gasteiger partial charge in [0.25, 0.3) is 0 Å². The van der Waals surface area contributed by atoms with Gasteiger partial charge >= 0.3 is 5.97 Å². The van der Waals surface area contributed by atoms with Gasteiger partial charge in [0, 0.05) is 38.4 Å². The lowest BCUT2D eigenvalue weighted by Gasteiger charge is -2.13. The highest BCUT2D eigenvalue weighted by Crippen LogP contribution is 2.25. The van der Waals surface area contributed by atoms with Crippen molar-refractivity contribution >= 4 is 5.97 Å². The standard InChI is InChI=1S/C12H19N3O2/c1-9-5-15(8-11(9)12(16)17-3)7-10-4-13-14(2)6-10/h4,6,9,11H,5,7-8H2,1-3H3. The van der Waals surface area contributed by atoms with Crippen LogP contribution in [0, 0.1) is 11.8 Å². The van der Waals surface area contributed by atoms with Crippen molar-refractivity contribution in [2.75, 3.05) is 20.2 Å². The molecule has 2 rings (SSSR count). The fraction of sp³-hybridized carbons (Fsp3) is 0.667. The van der Waals surface area contributed by atoms with E-state index < -0.39 is 0 Å². The molecule has 0 saturated carbocycles. The first kappa shape index (κ1) is 12.1. The summed E-state index contributed by atoms with van der Waals surface area (Å²) in [5.74, 6) is 0.280. The van der Waals surface area contributed by atoms with Gasteiger partial charge in [0.05, 0.1) is 19.2 Å². The van der Waals surface area contributed by atoms with Gasteiger partial charge in [-0.2, -0.15) is 5.10 Å². The normalized spacial score (nSPS) is 25.1. The molecule has 1 aliphatic heterocycles. The summed E-state index contributed by atoms with van der Waals surface area (Å²) in [7, 11) is 3.37. The summed E-state index contributed by atoms with van der Waals surface area (Å²) >= 11 is 0. The zero-order valence-electron chi connectivity index (χ0n) is 10.6. The minimum absolute atomic E-state index is 0.0108. The second-order valence-electron chi connectivity index (χ2n) is 4.82. The van der Waals surface area contributed by atoms with Crippen molar-refractivity contribution < 1.29 is 9.53 Å². The minimum atomic E-state index is -0.0915. The third-order valence-corrected chi connectivity index (χ3v) is 3.36. The minimum Gasteiger partial charge on any atom is -0.469 e. The number of carbonyl (C=O) groups excluding carboxylic acids is 1. The van der Waals surface area contributed by atoms with Crippen LogP contribution in [0.3, 0.4) is 0 Å². The molecule has 5 heteroatoms. The summed E-state index contributed by atoms with van der Waals surface area (Å²) in [4.78, 5) is 13.8. The first-order valence-corrected chi connectivity index (χ1v) is 5.88. The molecular weight excluding hydrogens is 218 g/mol. The second-order valence-corrected chi connectivity index (χ2v) is 4.82. The first-order valence-electron chi connectivity index (χ1n) is 5.88. The van der Waals surface area contributed by atoms with Crippen molar-refractivity contribution in [2.24, 2.45) is 18.9 Å². The molecule has 1 aromatic heterocycles. The van der Waals surface area contributed by atoms with Gasteiger partial charge in [0.2, 0.25) is 0 Å². The van der Waals surface area contributed by atoms with Gasteiger partial charge in [-0.3, -0.25) is 14.4 Å². The molecule has 2 heterocycles. The second kappa shape index (κ2) is 4.87. The number of hydrogen-bond acceptors (Lipinski definition) is 4. The van der Waals surface area contributed by atoms with Crippen LogP contribution < -0.4 is 0 Å². The van der Waals surface area contributed by atoms with Crippen LogP contribution in [0.15, 0.2) is 12.4 Å². The molecule has 1 aromatic rings. The molecule has 0 bridgehead atoms. The van der Waals surface area contributed by atoms with Crippen molar-refractivity contribution in [3.8, 4) is 0 Å². The molecule has 5 nitrogen and oxygen atoms in total. The molecule has 2 atom stereocenters. The number of nitrogens with zero attached hydrogens (tertiary/aromatic N) is 3. The van der Waals surface area contributed by atoms with Gasteiger partial charge < -0.3 is 4.74 Å². The largest absolute Gasteiger partial charge is 0.469 e. The lowest BCUT2D eigenvalue weighted by atomic mass is 9.99. The van der Waals surface area contributed by atoms with Crippen LogP contribution in [0.2, 0.25) is 0 Å². The fourth-order valence-corrected chi connectivity index (χ4v) is 2.47. The molecule has 1 saturated heterocycles. The quantitative estimate of drug-likeness (QED) is 0.725. The van der Waals surface area contributed by atoms with Crippen LogP contribution in [0.1, 0.15) is 12.5 Å². The van der Waals surface area contributed by atoms with Gasteiger partial charge in [-0.25, -0.2) is 0 Å². The van der Waals surface area contributed by atoms with E-state index in [2.05, 4.69) is 16.9 Å². The molecule has 0 radical (unpaired) electrons. The molecule has 0 spiro atoms. The fourth-order valence-electron chi connectivity index (χ4n) is 2.47. The molecule has 0 aromatic carbocycles. The highest BCUT2D eigenvalue weighted by atomic mass is 16.5. The van der Waals surface area contributed by atoms with E-state index >= 15 is 0 Å². The number of aromatic nitrogens is 2. The average Bonchev–Trinajstić information content (AvgIpc) is 2.85. The van der Waals surface area contributed by atoms with Crippen LogP contribution >= 0.6 is 0 Å². The molecule has 0 N–H and O–H groups in total. The Morgan fingerprint density at radius 2 is 2.35 bits per heavy atom. The summed E-state index contributed by atoms with van der Waals surface area (Å²) in [5, 5.41) is 4.15. The Bertz CT molecular complexity index is 402.